The molecule has 1 saturated heterocycles. The number of imidazole rings is 1. The van der Waals surface area contributed by atoms with Crippen molar-refractivity contribution in [3.8, 4) is 11.4 Å². The second-order valence-electron chi connectivity index (χ2n) is 6.29. The molecule has 6 heteroatoms. The molecule has 4 rings (SSSR count). The number of nitrogens with zero attached hydrogens (tertiary/aromatic N) is 3. The van der Waals surface area contributed by atoms with E-state index in [0.29, 0.717) is 5.75 Å². The molecule has 0 saturated carbocycles. The molecule has 2 heterocycles. The summed E-state index contributed by atoms with van der Waals surface area (Å²) in [6, 6.07) is 16.0. The molecule has 5 nitrogen and oxygen atoms in total. The fraction of sp³-hybridized carbons (Fsp3) is 0.300. The standard InChI is InChI=1S/C20H21N3O2S/c1-25-16-10-8-15(9-11-16)23-18-7-3-2-6-17(18)21-20(23)26-14-19(24)22-12-4-5-13-22/h2-3,6-11H,4-5,12-14H2,1H3. The Kier molecular flexibility index (Phi) is 4.84. The molecule has 1 amide bonds. The summed E-state index contributed by atoms with van der Waals surface area (Å²) in [6.07, 6.45) is 2.22. The summed E-state index contributed by atoms with van der Waals surface area (Å²) >= 11 is 1.50. The van der Waals surface area contributed by atoms with Crippen LogP contribution in [0.3, 0.4) is 0 Å². The number of hydrogen-bond acceptors (Lipinski definition) is 4. The van der Waals surface area contributed by atoms with Crippen LogP contribution in [-0.4, -0.2) is 46.3 Å². The quantitative estimate of drug-likeness (QED) is 0.645. The van der Waals surface area contributed by atoms with E-state index in [4.69, 9.17) is 9.72 Å². The predicted molar refractivity (Wildman–Crippen MR) is 104 cm³/mol. The van der Waals surface area contributed by atoms with Gasteiger partial charge in [0.2, 0.25) is 5.91 Å². The van der Waals surface area contributed by atoms with E-state index in [9.17, 15) is 4.79 Å². The third-order valence-electron chi connectivity index (χ3n) is 4.64. The monoisotopic (exact) mass is 367 g/mol. The molecule has 0 aliphatic carbocycles. The number of ether oxygens (including phenoxy) is 1. The molecule has 26 heavy (non-hydrogen) atoms. The lowest BCUT2D eigenvalue weighted by atomic mass is 10.2. The highest BCUT2D eigenvalue weighted by Crippen LogP contribution is 2.29. The lowest BCUT2D eigenvalue weighted by Crippen LogP contribution is -2.29. The smallest absolute Gasteiger partial charge is 0.233 e. The second kappa shape index (κ2) is 7.41. The van der Waals surface area contributed by atoms with E-state index in [1.165, 1.54) is 11.8 Å². The van der Waals surface area contributed by atoms with Gasteiger partial charge in [0.25, 0.3) is 0 Å². The molecule has 134 valence electrons. The van der Waals surface area contributed by atoms with Crippen LogP contribution in [-0.2, 0) is 4.79 Å². The Balaban J connectivity index is 1.65. The van der Waals surface area contributed by atoms with Crippen LogP contribution in [0.15, 0.2) is 53.7 Å². The molecular weight excluding hydrogens is 346 g/mol. The normalized spacial score (nSPS) is 14.1. The summed E-state index contributed by atoms with van der Waals surface area (Å²) < 4.78 is 7.37. The molecule has 1 fully saturated rings. The van der Waals surface area contributed by atoms with E-state index in [1.807, 2.05) is 47.4 Å². The van der Waals surface area contributed by atoms with Gasteiger partial charge in [-0.05, 0) is 49.2 Å². The maximum Gasteiger partial charge on any atom is 0.233 e. The first kappa shape index (κ1) is 17.0. The van der Waals surface area contributed by atoms with E-state index in [0.717, 1.165) is 53.6 Å². The van der Waals surface area contributed by atoms with Crippen molar-refractivity contribution in [2.75, 3.05) is 26.0 Å². The average molecular weight is 367 g/mol. The lowest BCUT2D eigenvalue weighted by Gasteiger charge is -2.15. The van der Waals surface area contributed by atoms with Crippen LogP contribution in [0.2, 0.25) is 0 Å². The zero-order valence-corrected chi connectivity index (χ0v) is 15.5. The largest absolute Gasteiger partial charge is 0.497 e. The number of benzene rings is 2. The number of thioether (sulfide) groups is 1. The fourth-order valence-corrected chi connectivity index (χ4v) is 4.20. The minimum atomic E-state index is 0.195. The van der Waals surface area contributed by atoms with Gasteiger partial charge in [-0.1, -0.05) is 23.9 Å². The number of rotatable bonds is 5. The van der Waals surface area contributed by atoms with Crippen molar-refractivity contribution in [2.24, 2.45) is 0 Å². The van der Waals surface area contributed by atoms with Gasteiger partial charge in [-0.15, -0.1) is 0 Å². The van der Waals surface area contributed by atoms with E-state index >= 15 is 0 Å². The maximum absolute atomic E-state index is 12.4. The molecule has 1 aliphatic heterocycles. The van der Waals surface area contributed by atoms with Crippen molar-refractivity contribution < 1.29 is 9.53 Å². The van der Waals surface area contributed by atoms with Gasteiger partial charge in [-0.25, -0.2) is 4.98 Å². The van der Waals surface area contributed by atoms with Crippen molar-refractivity contribution in [1.29, 1.82) is 0 Å². The van der Waals surface area contributed by atoms with Gasteiger partial charge in [0.1, 0.15) is 5.75 Å². The summed E-state index contributed by atoms with van der Waals surface area (Å²) in [4.78, 5) is 19.1. The van der Waals surface area contributed by atoms with Crippen molar-refractivity contribution in [3.05, 3.63) is 48.5 Å². The first-order chi connectivity index (χ1) is 12.8. The highest BCUT2D eigenvalue weighted by molar-refractivity contribution is 7.99. The van der Waals surface area contributed by atoms with Crippen LogP contribution < -0.4 is 4.74 Å². The second-order valence-corrected chi connectivity index (χ2v) is 7.24. The summed E-state index contributed by atoms with van der Waals surface area (Å²) in [5, 5.41) is 0.837. The van der Waals surface area contributed by atoms with Gasteiger partial charge < -0.3 is 9.64 Å². The van der Waals surface area contributed by atoms with Crippen LogP contribution in [0.1, 0.15) is 12.8 Å². The van der Waals surface area contributed by atoms with Gasteiger partial charge >= 0.3 is 0 Å². The van der Waals surface area contributed by atoms with Crippen LogP contribution in [0.4, 0.5) is 0 Å². The number of carbonyl (C=O) groups is 1. The van der Waals surface area contributed by atoms with Crippen molar-refractivity contribution in [2.45, 2.75) is 18.0 Å². The van der Waals surface area contributed by atoms with Crippen molar-refractivity contribution >= 4 is 28.7 Å². The Morgan fingerprint density at radius 2 is 1.85 bits per heavy atom. The van der Waals surface area contributed by atoms with E-state index < -0.39 is 0 Å². The van der Waals surface area contributed by atoms with Gasteiger partial charge in [0.15, 0.2) is 5.16 Å². The Bertz CT molecular complexity index is 914. The summed E-state index contributed by atoms with van der Waals surface area (Å²) in [5.41, 5.74) is 2.98. The molecule has 0 atom stereocenters. The summed E-state index contributed by atoms with van der Waals surface area (Å²) in [6.45, 7) is 1.77. The molecule has 2 aromatic carbocycles. The van der Waals surface area contributed by atoms with Gasteiger partial charge in [-0.3, -0.25) is 9.36 Å². The molecule has 3 aromatic rings. The third-order valence-corrected chi connectivity index (χ3v) is 5.57. The topological polar surface area (TPSA) is 47.4 Å². The highest BCUT2D eigenvalue weighted by atomic mass is 32.2. The first-order valence-corrected chi connectivity index (χ1v) is 9.77. The molecule has 0 unspecified atom stereocenters. The maximum atomic E-state index is 12.4. The fourth-order valence-electron chi connectivity index (χ4n) is 3.27. The molecule has 0 radical (unpaired) electrons. The third kappa shape index (κ3) is 3.29. The Labute approximate surface area is 157 Å². The van der Waals surface area contributed by atoms with Crippen LogP contribution in [0.5, 0.6) is 5.75 Å². The number of fused-ring (bicyclic) bond motifs is 1. The van der Waals surface area contributed by atoms with Crippen LogP contribution >= 0.6 is 11.8 Å². The average Bonchev–Trinajstić information content (AvgIpc) is 3.34. The predicted octanol–water partition coefficient (Wildman–Crippen LogP) is 3.75. The highest BCUT2D eigenvalue weighted by Gasteiger charge is 2.20. The number of carbonyl (C=O) groups excluding carboxylic acids is 1. The lowest BCUT2D eigenvalue weighted by molar-refractivity contribution is -0.127. The van der Waals surface area contributed by atoms with E-state index in [2.05, 4.69) is 10.6 Å². The van der Waals surface area contributed by atoms with Crippen molar-refractivity contribution in [3.63, 3.8) is 0 Å². The molecule has 1 aromatic heterocycles. The van der Waals surface area contributed by atoms with Gasteiger partial charge in [0, 0.05) is 18.8 Å². The number of methoxy groups -OCH3 is 1. The Hall–Kier alpha value is -2.47. The van der Waals surface area contributed by atoms with E-state index in [-0.39, 0.29) is 5.91 Å². The molecular formula is C20H21N3O2S. The van der Waals surface area contributed by atoms with Crippen molar-refractivity contribution in [1.82, 2.24) is 14.5 Å². The number of aromatic nitrogens is 2. The minimum Gasteiger partial charge on any atom is -0.497 e. The Morgan fingerprint density at radius 3 is 2.58 bits per heavy atom. The van der Waals surface area contributed by atoms with Crippen LogP contribution in [0, 0.1) is 0 Å². The SMILES string of the molecule is COc1ccc(-n2c(SCC(=O)N3CCCC3)nc3ccccc32)cc1. The molecule has 0 spiro atoms. The van der Waals surface area contributed by atoms with Crippen LogP contribution in [0.25, 0.3) is 16.7 Å². The number of para-hydroxylation sites is 2. The summed E-state index contributed by atoms with van der Waals surface area (Å²) in [5.74, 6) is 1.43. The van der Waals surface area contributed by atoms with E-state index in [1.54, 1.807) is 7.11 Å². The number of likely N-dealkylation sites (tertiary alicyclic amines) is 1. The zero-order chi connectivity index (χ0) is 17.9. The molecule has 0 bridgehead atoms. The summed E-state index contributed by atoms with van der Waals surface area (Å²) in [7, 11) is 1.66. The van der Waals surface area contributed by atoms with Gasteiger partial charge in [0.05, 0.1) is 23.9 Å². The first-order valence-electron chi connectivity index (χ1n) is 8.79. The number of amides is 1. The number of hydrogen-bond donors (Lipinski definition) is 0. The molecule has 0 N–H and O–H groups in total. The molecule has 1 aliphatic rings. The minimum absolute atomic E-state index is 0.195. The zero-order valence-electron chi connectivity index (χ0n) is 14.7. The van der Waals surface area contributed by atoms with Gasteiger partial charge in [-0.2, -0.15) is 0 Å². The Morgan fingerprint density at radius 1 is 1.12 bits per heavy atom.